The van der Waals surface area contributed by atoms with Gasteiger partial charge in [0.15, 0.2) is 0 Å². The number of hydrogen-bond donors (Lipinski definition) is 0. The molecular weight excluding hydrogens is 416 g/mol. The highest BCUT2D eigenvalue weighted by molar-refractivity contribution is 7.99. The number of fused-ring (bicyclic) bond motifs is 1. The smallest absolute Gasteiger partial charge is 0.0935 e. The summed E-state index contributed by atoms with van der Waals surface area (Å²) in [6.45, 7) is 10.3. The van der Waals surface area contributed by atoms with E-state index in [1.807, 2.05) is 11.3 Å². The van der Waals surface area contributed by atoms with Crippen LogP contribution in [-0.4, -0.2) is 41.0 Å². The minimum absolute atomic E-state index is 0.633. The largest absolute Gasteiger partial charge is 0.298 e. The van der Waals surface area contributed by atoms with Gasteiger partial charge < -0.3 is 0 Å². The van der Waals surface area contributed by atoms with Crippen molar-refractivity contribution in [3.8, 4) is 0 Å². The van der Waals surface area contributed by atoms with Gasteiger partial charge in [-0.3, -0.25) is 4.90 Å². The molecule has 2 aliphatic rings. The standard InChI is InChI=1S/C27H36N2S2/c1-3-22-9-11-25-26(19-22)31-27(28-25)12-10-24(18-23-7-5-4-6-8-23)17-21(2)20-29-13-15-30-16-14-29/h4-9,11,22,24H,2-3,10,12-20H2,1H3. The van der Waals surface area contributed by atoms with Crippen molar-refractivity contribution in [2.45, 2.75) is 45.4 Å². The van der Waals surface area contributed by atoms with Crippen LogP contribution in [0.3, 0.4) is 0 Å². The molecule has 4 rings (SSSR count). The van der Waals surface area contributed by atoms with Crippen LogP contribution in [0.25, 0.3) is 6.08 Å². The first-order valence-electron chi connectivity index (χ1n) is 11.9. The Bertz CT molecular complexity index is 865. The molecule has 2 atom stereocenters. The lowest BCUT2D eigenvalue weighted by Gasteiger charge is -2.28. The molecule has 2 nitrogen and oxygen atoms in total. The normalized spacial score (nSPS) is 19.8. The molecule has 1 saturated heterocycles. The number of aryl methyl sites for hydroxylation is 1. The third-order valence-corrected chi connectivity index (χ3v) is 8.63. The van der Waals surface area contributed by atoms with Gasteiger partial charge in [0.2, 0.25) is 0 Å². The van der Waals surface area contributed by atoms with E-state index in [4.69, 9.17) is 4.98 Å². The third-order valence-electron chi connectivity index (χ3n) is 6.53. The Morgan fingerprint density at radius 3 is 2.81 bits per heavy atom. The Morgan fingerprint density at radius 1 is 1.23 bits per heavy atom. The Morgan fingerprint density at radius 2 is 2.03 bits per heavy atom. The molecule has 1 aromatic heterocycles. The predicted molar refractivity (Wildman–Crippen MR) is 138 cm³/mol. The summed E-state index contributed by atoms with van der Waals surface area (Å²) in [4.78, 5) is 9.05. The number of aromatic nitrogens is 1. The zero-order valence-electron chi connectivity index (χ0n) is 18.9. The topological polar surface area (TPSA) is 16.1 Å². The first-order chi connectivity index (χ1) is 15.2. The van der Waals surface area contributed by atoms with E-state index in [0.29, 0.717) is 11.8 Å². The van der Waals surface area contributed by atoms with Gasteiger partial charge in [-0.2, -0.15) is 11.8 Å². The maximum absolute atomic E-state index is 4.97. The van der Waals surface area contributed by atoms with Crippen molar-refractivity contribution in [3.63, 3.8) is 0 Å². The van der Waals surface area contributed by atoms with Crippen molar-refractivity contribution in [3.05, 3.63) is 69.7 Å². The molecule has 166 valence electrons. The molecular formula is C27H36N2S2. The number of rotatable bonds is 10. The van der Waals surface area contributed by atoms with E-state index < -0.39 is 0 Å². The summed E-state index contributed by atoms with van der Waals surface area (Å²) in [5, 5.41) is 1.32. The van der Waals surface area contributed by atoms with Crippen molar-refractivity contribution in [1.29, 1.82) is 0 Å². The van der Waals surface area contributed by atoms with Crippen LogP contribution in [0.1, 0.15) is 47.3 Å². The van der Waals surface area contributed by atoms with Gasteiger partial charge in [-0.25, -0.2) is 4.98 Å². The van der Waals surface area contributed by atoms with Gasteiger partial charge in [0.25, 0.3) is 0 Å². The number of nitrogens with zero attached hydrogens (tertiary/aromatic N) is 2. The molecule has 1 aliphatic carbocycles. The van der Waals surface area contributed by atoms with E-state index in [1.165, 1.54) is 70.6 Å². The predicted octanol–water partition coefficient (Wildman–Crippen LogP) is 6.53. The molecule has 0 spiro atoms. The monoisotopic (exact) mass is 452 g/mol. The highest BCUT2D eigenvalue weighted by Gasteiger charge is 2.19. The minimum atomic E-state index is 0.633. The van der Waals surface area contributed by atoms with Crippen molar-refractivity contribution >= 4 is 29.2 Å². The second-order valence-electron chi connectivity index (χ2n) is 9.08. The highest BCUT2D eigenvalue weighted by Crippen LogP contribution is 2.31. The van der Waals surface area contributed by atoms with Gasteiger partial charge in [0.05, 0.1) is 10.7 Å². The summed E-state index contributed by atoms with van der Waals surface area (Å²) < 4.78 is 0. The number of thiazole rings is 1. The van der Waals surface area contributed by atoms with Crippen molar-refractivity contribution < 1.29 is 0 Å². The summed E-state index contributed by atoms with van der Waals surface area (Å²) >= 11 is 4.03. The van der Waals surface area contributed by atoms with Crippen LogP contribution < -0.4 is 0 Å². The highest BCUT2D eigenvalue weighted by atomic mass is 32.2. The fourth-order valence-electron chi connectivity index (χ4n) is 4.71. The number of hydrogen-bond acceptors (Lipinski definition) is 4. The molecule has 31 heavy (non-hydrogen) atoms. The van der Waals surface area contributed by atoms with Crippen molar-refractivity contribution in [1.82, 2.24) is 9.88 Å². The number of benzene rings is 1. The van der Waals surface area contributed by atoms with Crippen molar-refractivity contribution in [2.75, 3.05) is 31.1 Å². The maximum Gasteiger partial charge on any atom is 0.0935 e. The molecule has 2 heterocycles. The van der Waals surface area contributed by atoms with Crippen molar-refractivity contribution in [2.24, 2.45) is 11.8 Å². The summed E-state index contributed by atoms with van der Waals surface area (Å²) in [7, 11) is 0. The van der Waals surface area contributed by atoms with E-state index in [1.54, 1.807) is 0 Å². The Balaban J connectivity index is 1.37. The molecule has 2 unspecified atom stereocenters. The maximum atomic E-state index is 4.97. The van der Waals surface area contributed by atoms with E-state index in [0.717, 1.165) is 25.8 Å². The third kappa shape index (κ3) is 6.81. The summed E-state index contributed by atoms with van der Waals surface area (Å²) in [5.41, 5.74) is 4.08. The first kappa shape index (κ1) is 22.8. The number of thioether (sulfide) groups is 1. The lowest BCUT2D eigenvalue weighted by molar-refractivity contribution is 0.319. The zero-order valence-corrected chi connectivity index (χ0v) is 20.5. The minimum Gasteiger partial charge on any atom is -0.298 e. The Hall–Kier alpha value is -1.36. The van der Waals surface area contributed by atoms with Crippen LogP contribution in [0.15, 0.2) is 48.6 Å². The van der Waals surface area contributed by atoms with Crippen LogP contribution in [0, 0.1) is 11.8 Å². The SMILES string of the molecule is C=C(CC(CCc1nc2c(s1)CC(CC)C=C2)Cc1ccccc1)CN1CCSCC1. The Labute approximate surface area is 196 Å². The van der Waals surface area contributed by atoms with Crippen LogP contribution in [0.2, 0.25) is 0 Å². The molecule has 1 fully saturated rings. The van der Waals surface area contributed by atoms with Gasteiger partial charge in [0, 0.05) is 36.0 Å². The molecule has 0 bridgehead atoms. The summed E-state index contributed by atoms with van der Waals surface area (Å²) in [6.07, 6.45) is 11.6. The molecule has 0 radical (unpaired) electrons. The first-order valence-corrected chi connectivity index (χ1v) is 13.8. The van der Waals surface area contributed by atoms with Crippen LogP contribution in [0.4, 0.5) is 0 Å². The van der Waals surface area contributed by atoms with Gasteiger partial charge in [-0.15, -0.1) is 11.3 Å². The average Bonchev–Trinajstić information content (AvgIpc) is 3.21. The molecule has 0 amide bonds. The number of allylic oxidation sites excluding steroid dienone is 1. The molecule has 0 saturated carbocycles. The van der Waals surface area contributed by atoms with Gasteiger partial charge in [-0.1, -0.05) is 55.5 Å². The molecule has 2 aromatic rings. The second kappa shape index (κ2) is 11.5. The van der Waals surface area contributed by atoms with Crippen LogP contribution >= 0.6 is 23.1 Å². The molecule has 4 heteroatoms. The van der Waals surface area contributed by atoms with Gasteiger partial charge in [0.1, 0.15) is 0 Å². The van der Waals surface area contributed by atoms with E-state index >= 15 is 0 Å². The van der Waals surface area contributed by atoms with E-state index in [2.05, 4.69) is 72.6 Å². The van der Waals surface area contributed by atoms with Gasteiger partial charge >= 0.3 is 0 Å². The molecule has 0 N–H and O–H groups in total. The quantitative estimate of drug-likeness (QED) is 0.382. The van der Waals surface area contributed by atoms with E-state index in [9.17, 15) is 0 Å². The Kier molecular flexibility index (Phi) is 8.46. The summed E-state index contributed by atoms with van der Waals surface area (Å²) in [5.74, 6) is 3.86. The van der Waals surface area contributed by atoms with Crippen LogP contribution in [-0.2, 0) is 19.3 Å². The summed E-state index contributed by atoms with van der Waals surface area (Å²) in [6, 6.07) is 11.0. The molecule has 1 aliphatic heterocycles. The van der Waals surface area contributed by atoms with E-state index in [-0.39, 0.29) is 0 Å². The lowest BCUT2D eigenvalue weighted by Crippen LogP contribution is -2.34. The fraction of sp³-hybridized carbons (Fsp3) is 0.519. The second-order valence-corrected chi connectivity index (χ2v) is 11.5. The fourth-order valence-corrected chi connectivity index (χ4v) is 6.85. The molecule has 1 aromatic carbocycles. The van der Waals surface area contributed by atoms with Gasteiger partial charge in [-0.05, 0) is 62.0 Å². The zero-order chi connectivity index (χ0) is 21.5. The van der Waals surface area contributed by atoms with Crippen LogP contribution in [0.5, 0.6) is 0 Å². The average molecular weight is 453 g/mol. The lowest BCUT2D eigenvalue weighted by atomic mass is 9.89.